The van der Waals surface area contributed by atoms with E-state index in [4.69, 9.17) is 5.11 Å². The van der Waals surface area contributed by atoms with Crippen molar-refractivity contribution in [2.24, 2.45) is 0 Å². The largest absolute Gasteiger partial charge is 0.481 e. The summed E-state index contributed by atoms with van der Waals surface area (Å²) in [5.41, 5.74) is 2.02. The number of carboxylic acid groups (broad SMARTS) is 1. The Kier molecular flexibility index (Phi) is 6.68. The SMILES string of the molecule is CCS(=O)(=O)CCCN(CCC(=O)O)c1ccccc1C. The highest BCUT2D eigenvalue weighted by Crippen LogP contribution is 2.20. The molecule has 0 aliphatic carbocycles. The second-order valence-corrected chi connectivity index (χ2v) is 7.48. The first kappa shape index (κ1) is 17.5. The van der Waals surface area contributed by atoms with E-state index in [-0.39, 0.29) is 17.9 Å². The summed E-state index contributed by atoms with van der Waals surface area (Å²) in [7, 11) is -2.98. The van der Waals surface area contributed by atoms with E-state index in [1.165, 1.54) is 0 Å². The molecule has 21 heavy (non-hydrogen) atoms. The third-order valence-electron chi connectivity index (χ3n) is 3.37. The molecule has 0 radical (unpaired) electrons. The fourth-order valence-electron chi connectivity index (χ4n) is 2.12. The first-order chi connectivity index (χ1) is 9.85. The molecule has 1 aromatic carbocycles. The van der Waals surface area contributed by atoms with Crippen LogP contribution in [-0.2, 0) is 14.6 Å². The van der Waals surface area contributed by atoms with Gasteiger partial charge in [-0.05, 0) is 25.0 Å². The highest BCUT2D eigenvalue weighted by Gasteiger charge is 2.13. The zero-order valence-corrected chi connectivity index (χ0v) is 13.4. The van der Waals surface area contributed by atoms with Gasteiger partial charge >= 0.3 is 5.97 Å². The fraction of sp³-hybridized carbons (Fsp3) is 0.533. The lowest BCUT2D eigenvalue weighted by Crippen LogP contribution is -2.29. The molecule has 0 aliphatic rings. The van der Waals surface area contributed by atoms with Gasteiger partial charge in [-0.1, -0.05) is 25.1 Å². The van der Waals surface area contributed by atoms with Crippen LogP contribution in [0, 0.1) is 6.92 Å². The van der Waals surface area contributed by atoms with Crippen molar-refractivity contribution in [1.82, 2.24) is 0 Å². The number of carboxylic acids is 1. The molecule has 1 aromatic rings. The van der Waals surface area contributed by atoms with E-state index in [1.54, 1.807) is 6.92 Å². The number of hydrogen-bond acceptors (Lipinski definition) is 4. The molecular weight excluding hydrogens is 290 g/mol. The molecule has 118 valence electrons. The van der Waals surface area contributed by atoms with E-state index in [1.807, 2.05) is 36.1 Å². The molecule has 0 spiro atoms. The van der Waals surface area contributed by atoms with Crippen molar-refractivity contribution in [2.75, 3.05) is 29.5 Å². The lowest BCUT2D eigenvalue weighted by atomic mass is 10.1. The van der Waals surface area contributed by atoms with Gasteiger partial charge < -0.3 is 10.0 Å². The third kappa shape index (κ3) is 6.16. The predicted molar refractivity (Wildman–Crippen MR) is 84.6 cm³/mol. The van der Waals surface area contributed by atoms with Crippen LogP contribution >= 0.6 is 0 Å². The lowest BCUT2D eigenvalue weighted by molar-refractivity contribution is -0.136. The average molecular weight is 313 g/mol. The topological polar surface area (TPSA) is 74.7 Å². The van der Waals surface area contributed by atoms with E-state index in [0.29, 0.717) is 19.5 Å². The van der Waals surface area contributed by atoms with Gasteiger partial charge in [-0.2, -0.15) is 0 Å². The van der Waals surface area contributed by atoms with E-state index in [2.05, 4.69) is 0 Å². The van der Waals surface area contributed by atoms with Gasteiger partial charge in [0.05, 0.1) is 12.2 Å². The van der Waals surface area contributed by atoms with Crippen LogP contribution in [0.25, 0.3) is 0 Å². The Bertz CT molecular complexity index is 569. The number of rotatable bonds is 9. The van der Waals surface area contributed by atoms with Crippen molar-refractivity contribution in [2.45, 2.75) is 26.7 Å². The number of carbonyl (C=O) groups is 1. The fourth-order valence-corrected chi connectivity index (χ4v) is 2.98. The Morgan fingerprint density at radius 2 is 1.90 bits per heavy atom. The minimum Gasteiger partial charge on any atom is -0.481 e. The third-order valence-corrected chi connectivity index (χ3v) is 5.17. The summed E-state index contributed by atoms with van der Waals surface area (Å²) >= 11 is 0. The minimum atomic E-state index is -2.98. The van der Waals surface area contributed by atoms with Crippen LogP contribution in [0.5, 0.6) is 0 Å². The molecule has 0 atom stereocenters. The van der Waals surface area contributed by atoms with Gasteiger partial charge in [0, 0.05) is 24.5 Å². The maximum atomic E-state index is 11.5. The molecule has 1 N–H and O–H groups in total. The van der Waals surface area contributed by atoms with Crippen LogP contribution < -0.4 is 4.90 Å². The van der Waals surface area contributed by atoms with Crippen molar-refractivity contribution in [3.05, 3.63) is 29.8 Å². The zero-order chi connectivity index (χ0) is 15.9. The van der Waals surface area contributed by atoms with Crippen LogP contribution in [0.1, 0.15) is 25.3 Å². The normalized spacial score (nSPS) is 11.3. The lowest BCUT2D eigenvalue weighted by Gasteiger charge is -2.26. The van der Waals surface area contributed by atoms with E-state index >= 15 is 0 Å². The standard InChI is InChI=1S/C15H23NO4S/c1-3-21(19,20)12-6-10-16(11-9-15(17)18)14-8-5-4-7-13(14)2/h4-5,7-8H,3,6,9-12H2,1-2H3,(H,17,18). The number of sulfone groups is 1. The van der Waals surface area contributed by atoms with Crippen molar-refractivity contribution in [3.8, 4) is 0 Å². The van der Waals surface area contributed by atoms with Crippen LogP contribution in [0.4, 0.5) is 5.69 Å². The summed E-state index contributed by atoms with van der Waals surface area (Å²) in [5, 5.41) is 8.85. The molecule has 0 fully saturated rings. The van der Waals surface area contributed by atoms with Gasteiger partial charge in [0.2, 0.25) is 0 Å². The quantitative estimate of drug-likeness (QED) is 0.755. The second kappa shape index (κ2) is 8.02. The number of anilines is 1. The highest BCUT2D eigenvalue weighted by atomic mass is 32.2. The molecule has 0 aromatic heterocycles. The summed E-state index contributed by atoms with van der Waals surface area (Å²) < 4.78 is 23.1. The first-order valence-electron chi connectivity index (χ1n) is 7.08. The molecule has 0 saturated carbocycles. The monoisotopic (exact) mass is 313 g/mol. The number of aliphatic carboxylic acids is 1. The predicted octanol–water partition coefficient (Wildman–Crippen LogP) is 2.10. The molecule has 1 rings (SSSR count). The Hall–Kier alpha value is -1.56. The molecular formula is C15H23NO4S. The van der Waals surface area contributed by atoms with E-state index < -0.39 is 15.8 Å². The Labute approximate surface area is 126 Å². The van der Waals surface area contributed by atoms with Crippen LogP contribution in [-0.4, -0.2) is 44.1 Å². The summed E-state index contributed by atoms with van der Waals surface area (Å²) in [6, 6.07) is 7.73. The summed E-state index contributed by atoms with van der Waals surface area (Å²) in [4.78, 5) is 12.7. The zero-order valence-electron chi connectivity index (χ0n) is 12.6. The molecule has 0 saturated heterocycles. The van der Waals surface area contributed by atoms with Gasteiger partial charge in [0.25, 0.3) is 0 Å². The number of hydrogen-bond donors (Lipinski definition) is 1. The van der Waals surface area contributed by atoms with Crippen LogP contribution in [0.3, 0.4) is 0 Å². The van der Waals surface area contributed by atoms with Crippen molar-refractivity contribution < 1.29 is 18.3 Å². The van der Waals surface area contributed by atoms with E-state index in [9.17, 15) is 13.2 Å². The number of para-hydroxylation sites is 1. The van der Waals surface area contributed by atoms with Crippen molar-refractivity contribution >= 4 is 21.5 Å². The van der Waals surface area contributed by atoms with Crippen LogP contribution in [0.2, 0.25) is 0 Å². The van der Waals surface area contributed by atoms with E-state index in [0.717, 1.165) is 11.3 Å². The summed E-state index contributed by atoms with van der Waals surface area (Å²) in [5.74, 6) is -0.569. The number of aryl methyl sites for hydroxylation is 1. The maximum Gasteiger partial charge on any atom is 0.305 e. The molecule has 0 unspecified atom stereocenters. The second-order valence-electron chi connectivity index (χ2n) is 5.01. The van der Waals surface area contributed by atoms with Gasteiger partial charge in [-0.25, -0.2) is 8.42 Å². The highest BCUT2D eigenvalue weighted by molar-refractivity contribution is 7.91. The molecule has 0 aliphatic heterocycles. The van der Waals surface area contributed by atoms with Gasteiger partial charge in [-0.15, -0.1) is 0 Å². The number of nitrogens with zero attached hydrogens (tertiary/aromatic N) is 1. The van der Waals surface area contributed by atoms with Crippen molar-refractivity contribution in [3.63, 3.8) is 0 Å². The summed E-state index contributed by atoms with van der Waals surface area (Å²) in [6.45, 7) is 4.52. The van der Waals surface area contributed by atoms with Gasteiger partial charge in [-0.3, -0.25) is 4.79 Å². The molecule has 0 heterocycles. The van der Waals surface area contributed by atoms with Crippen LogP contribution in [0.15, 0.2) is 24.3 Å². The Morgan fingerprint density at radius 3 is 2.48 bits per heavy atom. The number of benzene rings is 1. The van der Waals surface area contributed by atoms with Crippen molar-refractivity contribution in [1.29, 1.82) is 0 Å². The molecule has 5 nitrogen and oxygen atoms in total. The summed E-state index contributed by atoms with van der Waals surface area (Å²) in [6.07, 6.45) is 0.541. The average Bonchev–Trinajstić information content (AvgIpc) is 2.43. The minimum absolute atomic E-state index is 0.0366. The smallest absolute Gasteiger partial charge is 0.305 e. The maximum absolute atomic E-state index is 11.5. The molecule has 6 heteroatoms. The molecule has 0 amide bonds. The van der Waals surface area contributed by atoms with Gasteiger partial charge in [0.1, 0.15) is 9.84 Å². The first-order valence-corrected chi connectivity index (χ1v) is 8.90. The Morgan fingerprint density at radius 1 is 1.24 bits per heavy atom. The molecule has 0 bridgehead atoms. The van der Waals surface area contributed by atoms with Gasteiger partial charge in [0.15, 0.2) is 0 Å². The Balaban J connectivity index is 2.74.